The maximum absolute atomic E-state index is 14.5. The van der Waals surface area contributed by atoms with Gasteiger partial charge in [-0.15, -0.1) is 13.2 Å². The minimum absolute atomic E-state index is 0.0973. The van der Waals surface area contributed by atoms with Crippen molar-refractivity contribution in [1.29, 1.82) is 0 Å². The Hall–Kier alpha value is -2.12. The molecule has 0 saturated carbocycles. The van der Waals surface area contributed by atoms with Crippen LogP contribution in [0.1, 0.15) is 18.1 Å². The first kappa shape index (κ1) is 18.7. The lowest BCUT2D eigenvalue weighted by Crippen LogP contribution is -2.63. The first-order valence-electron chi connectivity index (χ1n) is 8.07. The number of benzene rings is 2. The highest BCUT2D eigenvalue weighted by molar-refractivity contribution is 5.43. The van der Waals surface area contributed by atoms with E-state index in [0.29, 0.717) is 18.7 Å². The number of rotatable bonds is 4. The second-order valence-electron chi connectivity index (χ2n) is 7.00. The van der Waals surface area contributed by atoms with Gasteiger partial charge in [0.15, 0.2) is 0 Å². The molecule has 0 aliphatic carbocycles. The highest BCUT2D eigenvalue weighted by Gasteiger charge is 2.56. The van der Waals surface area contributed by atoms with E-state index in [1.54, 1.807) is 6.07 Å². The summed E-state index contributed by atoms with van der Waals surface area (Å²) in [6, 6.07) is 10.8. The number of nitrogens with zero attached hydrogens (tertiary/aromatic N) is 1. The lowest BCUT2D eigenvalue weighted by Gasteiger charge is -2.56. The van der Waals surface area contributed by atoms with Gasteiger partial charge in [-0.05, 0) is 30.8 Å². The summed E-state index contributed by atoms with van der Waals surface area (Å²) < 4.78 is 55.5. The van der Waals surface area contributed by atoms with Gasteiger partial charge in [0.1, 0.15) is 17.2 Å². The fourth-order valence-corrected chi connectivity index (χ4v) is 3.86. The Bertz CT molecular complexity index is 785. The van der Waals surface area contributed by atoms with E-state index in [1.807, 2.05) is 18.9 Å². The SMILES string of the molecule is CN1CC(C)([C@](O)(c2ccc(OC(F)(F)F)cc2)c2ccccc2F)C1. The fourth-order valence-electron chi connectivity index (χ4n) is 3.86. The van der Waals surface area contributed by atoms with Crippen molar-refractivity contribution in [3.63, 3.8) is 0 Å². The number of hydrogen-bond acceptors (Lipinski definition) is 3. The molecule has 1 saturated heterocycles. The van der Waals surface area contributed by atoms with Gasteiger partial charge in [0, 0.05) is 24.1 Å². The monoisotopic (exact) mass is 369 g/mol. The van der Waals surface area contributed by atoms with E-state index in [2.05, 4.69) is 4.74 Å². The molecule has 2 aromatic rings. The maximum Gasteiger partial charge on any atom is 0.573 e. The Morgan fingerprint density at radius 3 is 2.12 bits per heavy atom. The number of ether oxygens (including phenoxy) is 1. The molecule has 7 heteroatoms. The molecular weight excluding hydrogens is 350 g/mol. The molecule has 1 aliphatic heterocycles. The minimum Gasteiger partial charge on any atom is -0.406 e. The van der Waals surface area contributed by atoms with Crippen molar-refractivity contribution >= 4 is 0 Å². The van der Waals surface area contributed by atoms with E-state index in [-0.39, 0.29) is 5.56 Å². The molecule has 0 radical (unpaired) electrons. The quantitative estimate of drug-likeness (QED) is 0.830. The summed E-state index contributed by atoms with van der Waals surface area (Å²) in [5, 5.41) is 11.6. The normalized spacial score (nSPS) is 19.5. The van der Waals surface area contributed by atoms with Crippen LogP contribution in [-0.2, 0) is 5.60 Å². The Kier molecular flexibility index (Phi) is 4.48. The first-order valence-corrected chi connectivity index (χ1v) is 8.07. The van der Waals surface area contributed by atoms with Gasteiger partial charge in [-0.1, -0.05) is 37.3 Å². The topological polar surface area (TPSA) is 32.7 Å². The average Bonchev–Trinajstić information content (AvgIpc) is 2.52. The number of hydrogen-bond donors (Lipinski definition) is 1. The van der Waals surface area contributed by atoms with Crippen LogP contribution in [0.25, 0.3) is 0 Å². The highest BCUT2D eigenvalue weighted by atomic mass is 19.4. The van der Waals surface area contributed by atoms with Crippen LogP contribution >= 0.6 is 0 Å². The smallest absolute Gasteiger partial charge is 0.406 e. The van der Waals surface area contributed by atoms with Crippen molar-refractivity contribution in [3.8, 4) is 5.75 Å². The van der Waals surface area contributed by atoms with E-state index >= 15 is 0 Å². The van der Waals surface area contributed by atoms with Gasteiger partial charge in [-0.25, -0.2) is 4.39 Å². The van der Waals surface area contributed by atoms with Gasteiger partial charge in [-0.2, -0.15) is 0 Å². The lowest BCUT2D eigenvalue weighted by atomic mass is 9.62. The summed E-state index contributed by atoms with van der Waals surface area (Å²) in [6.45, 7) is 2.86. The Labute approximate surface area is 148 Å². The largest absolute Gasteiger partial charge is 0.573 e. The molecule has 1 atom stereocenters. The maximum atomic E-state index is 14.5. The fraction of sp³-hybridized carbons (Fsp3) is 0.368. The van der Waals surface area contributed by atoms with Crippen LogP contribution in [0, 0.1) is 11.2 Å². The van der Waals surface area contributed by atoms with E-state index in [9.17, 15) is 22.7 Å². The van der Waals surface area contributed by atoms with Crippen molar-refractivity contribution in [1.82, 2.24) is 4.90 Å². The van der Waals surface area contributed by atoms with Crippen LogP contribution in [-0.4, -0.2) is 36.5 Å². The molecular formula is C19H19F4NO2. The molecule has 26 heavy (non-hydrogen) atoms. The number of halogens is 4. The zero-order valence-corrected chi connectivity index (χ0v) is 14.3. The van der Waals surface area contributed by atoms with Gasteiger partial charge >= 0.3 is 6.36 Å². The number of alkyl halides is 3. The van der Waals surface area contributed by atoms with E-state index in [4.69, 9.17) is 0 Å². The summed E-state index contributed by atoms with van der Waals surface area (Å²) in [5.74, 6) is -0.964. The highest BCUT2D eigenvalue weighted by Crippen LogP contribution is 2.50. The second-order valence-corrected chi connectivity index (χ2v) is 7.00. The average molecular weight is 369 g/mol. The molecule has 3 rings (SSSR count). The number of likely N-dealkylation sites (tertiary alicyclic amines) is 1. The summed E-state index contributed by atoms with van der Waals surface area (Å²) in [5.41, 5.74) is -1.98. The summed E-state index contributed by atoms with van der Waals surface area (Å²) in [4.78, 5) is 1.98. The van der Waals surface area contributed by atoms with E-state index in [0.717, 1.165) is 12.1 Å². The third-order valence-corrected chi connectivity index (χ3v) is 4.88. The Balaban J connectivity index is 2.06. The van der Waals surface area contributed by atoms with Gasteiger partial charge < -0.3 is 14.7 Å². The van der Waals surface area contributed by atoms with Crippen LogP contribution < -0.4 is 4.74 Å². The molecule has 0 amide bonds. The molecule has 0 bridgehead atoms. The lowest BCUT2D eigenvalue weighted by molar-refractivity contribution is -0.274. The molecule has 140 valence electrons. The van der Waals surface area contributed by atoms with Gasteiger partial charge in [0.25, 0.3) is 0 Å². The molecule has 1 aliphatic rings. The predicted molar refractivity (Wildman–Crippen MR) is 88.1 cm³/mol. The van der Waals surface area contributed by atoms with Gasteiger partial charge in [0.2, 0.25) is 0 Å². The van der Waals surface area contributed by atoms with Crippen LogP contribution in [0.15, 0.2) is 48.5 Å². The molecule has 1 heterocycles. The molecule has 1 fully saturated rings. The number of aliphatic hydroxyl groups is 1. The van der Waals surface area contributed by atoms with Crippen LogP contribution in [0.2, 0.25) is 0 Å². The molecule has 0 aromatic heterocycles. The van der Waals surface area contributed by atoms with E-state index < -0.39 is 28.9 Å². The Morgan fingerprint density at radius 1 is 1.04 bits per heavy atom. The summed E-state index contributed by atoms with van der Waals surface area (Å²) in [7, 11) is 1.88. The van der Waals surface area contributed by atoms with Crippen molar-refractivity contribution < 1.29 is 27.4 Å². The molecule has 0 unspecified atom stereocenters. The standard InChI is InChI=1S/C19H19F4NO2/c1-17(11-24(2)12-17)18(25,15-5-3-4-6-16(15)20)13-7-9-14(10-8-13)26-19(21,22)23/h3-10,25H,11-12H2,1-2H3/t18-/m0/s1. The second kappa shape index (κ2) is 6.25. The van der Waals surface area contributed by atoms with Crippen LogP contribution in [0.5, 0.6) is 5.75 Å². The molecule has 0 spiro atoms. The van der Waals surface area contributed by atoms with E-state index in [1.165, 1.54) is 30.3 Å². The summed E-state index contributed by atoms with van der Waals surface area (Å²) in [6.07, 6.45) is -4.80. The van der Waals surface area contributed by atoms with Crippen molar-refractivity contribution in [3.05, 3.63) is 65.5 Å². The van der Waals surface area contributed by atoms with Crippen LogP contribution in [0.3, 0.4) is 0 Å². The predicted octanol–water partition coefficient (Wildman–Crippen LogP) is 3.91. The van der Waals surface area contributed by atoms with Gasteiger partial charge in [0.05, 0.1) is 0 Å². The minimum atomic E-state index is -4.80. The van der Waals surface area contributed by atoms with Crippen molar-refractivity contribution in [2.45, 2.75) is 18.9 Å². The Morgan fingerprint density at radius 2 is 1.62 bits per heavy atom. The molecule has 1 N–H and O–H groups in total. The molecule has 2 aromatic carbocycles. The first-order chi connectivity index (χ1) is 12.1. The van der Waals surface area contributed by atoms with Crippen molar-refractivity contribution in [2.75, 3.05) is 20.1 Å². The zero-order chi connectivity index (χ0) is 19.2. The molecule has 3 nitrogen and oxygen atoms in total. The third kappa shape index (κ3) is 3.17. The van der Waals surface area contributed by atoms with Crippen LogP contribution in [0.4, 0.5) is 17.6 Å². The third-order valence-electron chi connectivity index (χ3n) is 4.88. The van der Waals surface area contributed by atoms with Gasteiger partial charge in [-0.3, -0.25) is 0 Å². The zero-order valence-electron chi connectivity index (χ0n) is 14.3. The summed E-state index contributed by atoms with van der Waals surface area (Å²) >= 11 is 0. The van der Waals surface area contributed by atoms with Crippen molar-refractivity contribution in [2.24, 2.45) is 5.41 Å².